The number of thiophene rings is 1. The fourth-order valence-electron chi connectivity index (χ4n) is 1.76. The summed E-state index contributed by atoms with van der Waals surface area (Å²) in [5, 5.41) is 5.84. The average molecular weight is 296 g/mol. The van der Waals surface area contributed by atoms with E-state index < -0.39 is 5.97 Å². The Labute approximate surface area is 121 Å². The van der Waals surface area contributed by atoms with E-state index in [0.29, 0.717) is 10.6 Å². The highest BCUT2D eigenvalue weighted by Crippen LogP contribution is 2.27. The molecule has 2 rings (SSSR count). The molecule has 0 spiro atoms. The van der Waals surface area contributed by atoms with Gasteiger partial charge in [0.05, 0.1) is 18.7 Å². The van der Waals surface area contributed by atoms with Gasteiger partial charge in [-0.15, -0.1) is 11.3 Å². The van der Waals surface area contributed by atoms with Gasteiger partial charge in [0.2, 0.25) is 0 Å². The van der Waals surface area contributed by atoms with Crippen LogP contribution in [0.4, 0.5) is 5.69 Å². The summed E-state index contributed by atoms with van der Waals surface area (Å²) in [6, 6.07) is 9.31. The maximum atomic E-state index is 11.7. The molecule has 1 unspecified atom stereocenters. The number of ether oxygens (including phenoxy) is 1. The molecule has 1 aromatic carbocycles. The summed E-state index contributed by atoms with van der Waals surface area (Å²) >= 11 is 7.59. The summed E-state index contributed by atoms with van der Waals surface area (Å²) in [6.07, 6.45) is 0. The zero-order valence-electron chi connectivity index (χ0n) is 10.6. The number of anilines is 1. The summed E-state index contributed by atoms with van der Waals surface area (Å²) < 4.78 is 4.77. The maximum Gasteiger partial charge on any atom is 0.340 e. The number of carbonyl (C=O) groups is 1. The Balaban J connectivity index is 2.27. The molecule has 0 radical (unpaired) electrons. The lowest BCUT2D eigenvalue weighted by Crippen LogP contribution is -2.11. The Hall–Kier alpha value is -1.52. The van der Waals surface area contributed by atoms with Crippen molar-refractivity contribution in [2.45, 2.75) is 13.0 Å². The van der Waals surface area contributed by atoms with Crippen molar-refractivity contribution >= 4 is 34.6 Å². The normalized spacial score (nSPS) is 11.9. The Morgan fingerprint density at radius 3 is 2.84 bits per heavy atom. The molecule has 19 heavy (non-hydrogen) atoms. The summed E-state index contributed by atoms with van der Waals surface area (Å²) in [4.78, 5) is 12.9. The highest BCUT2D eigenvalue weighted by atomic mass is 35.5. The van der Waals surface area contributed by atoms with Gasteiger partial charge in [0, 0.05) is 15.6 Å². The van der Waals surface area contributed by atoms with Gasteiger partial charge in [0.25, 0.3) is 0 Å². The number of carbonyl (C=O) groups excluding carboxylic acids is 1. The molecule has 0 saturated carbocycles. The van der Waals surface area contributed by atoms with Crippen LogP contribution in [0.2, 0.25) is 5.02 Å². The van der Waals surface area contributed by atoms with E-state index in [-0.39, 0.29) is 6.04 Å². The van der Waals surface area contributed by atoms with Gasteiger partial charge >= 0.3 is 5.97 Å². The second-order valence-corrected chi connectivity index (χ2v) is 5.48. The number of nitrogens with one attached hydrogen (secondary N) is 1. The first-order chi connectivity index (χ1) is 9.11. The summed E-state index contributed by atoms with van der Waals surface area (Å²) in [5.41, 5.74) is 1.16. The van der Waals surface area contributed by atoms with Crippen molar-refractivity contribution in [3.8, 4) is 0 Å². The third-order valence-electron chi connectivity index (χ3n) is 2.73. The van der Waals surface area contributed by atoms with Crippen molar-refractivity contribution in [3.05, 3.63) is 51.2 Å². The number of halogens is 1. The van der Waals surface area contributed by atoms with E-state index in [4.69, 9.17) is 16.3 Å². The fourth-order valence-corrected chi connectivity index (χ4v) is 2.67. The van der Waals surface area contributed by atoms with Crippen molar-refractivity contribution in [2.24, 2.45) is 0 Å². The second-order valence-electron chi connectivity index (χ2n) is 4.06. The molecule has 1 N–H and O–H groups in total. The largest absolute Gasteiger partial charge is 0.465 e. The zero-order chi connectivity index (χ0) is 13.8. The Bertz CT molecular complexity index is 569. The summed E-state index contributed by atoms with van der Waals surface area (Å²) in [7, 11) is 1.36. The van der Waals surface area contributed by atoms with Gasteiger partial charge in [-0.05, 0) is 36.6 Å². The highest BCUT2D eigenvalue weighted by molar-refractivity contribution is 7.10. The quantitative estimate of drug-likeness (QED) is 0.852. The van der Waals surface area contributed by atoms with Crippen molar-refractivity contribution < 1.29 is 9.53 Å². The van der Waals surface area contributed by atoms with Gasteiger partial charge < -0.3 is 10.1 Å². The topological polar surface area (TPSA) is 38.3 Å². The Morgan fingerprint density at radius 1 is 1.42 bits per heavy atom. The highest BCUT2D eigenvalue weighted by Gasteiger charge is 2.15. The third kappa shape index (κ3) is 3.28. The maximum absolute atomic E-state index is 11.7. The SMILES string of the molecule is COC(=O)c1cc(Cl)ccc1NC(C)c1cccs1. The molecule has 0 fully saturated rings. The van der Waals surface area contributed by atoms with E-state index in [0.717, 1.165) is 5.69 Å². The monoisotopic (exact) mass is 295 g/mol. The smallest absolute Gasteiger partial charge is 0.340 e. The first-order valence-electron chi connectivity index (χ1n) is 5.79. The molecule has 0 aliphatic rings. The molecular formula is C14H14ClNO2S. The van der Waals surface area contributed by atoms with Crippen molar-refractivity contribution in [2.75, 3.05) is 12.4 Å². The number of hydrogen-bond acceptors (Lipinski definition) is 4. The van der Waals surface area contributed by atoms with Crippen molar-refractivity contribution in [1.82, 2.24) is 0 Å². The van der Waals surface area contributed by atoms with Crippen LogP contribution in [0.1, 0.15) is 28.2 Å². The number of esters is 1. The van der Waals surface area contributed by atoms with Crippen molar-refractivity contribution in [1.29, 1.82) is 0 Å². The molecular weight excluding hydrogens is 282 g/mol. The minimum Gasteiger partial charge on any atom is -0.465 e. The van der Waals surface area contributed by atoms with Crippen LogP contribution in [0, 0.1) is 0 Å². The molecule has 3 nitrogen and oxygen atoms in total. The summed E-state index contributed by atoms with van der Waals surface area (Å²) in [5.74, 6) is -0.400. The Morgan fingerprint density at radius 2 is 2.21 bits per heavy atom. The lowest BCUT2D eigenvalue weighted by molar-refractivity contribution is 0.0602. The van der Waals surface area contributed by atoms with Crippen LogP contribution in [0.25, 0.3) is 0 Å². The minimum absolute atomic E-state index is 0.115. The molecule has 100 valence electrons. The van der Waals surface area contributed by atoms with Gasteiger partial charge in [0.15, 0.2) is 0 Å². The standard InChI is InChI=1S/C14H14ClNO2S/c1-9(13-4-3-7-19-13)16-12-6-5-10(15)8-11(12)14(17)18-2/h3-9,16H,1-2H3. The van der Waals surface area contributed by atoms with E-state index >= 15 is 0 Å². The lowest BCUT2D eigenvalue weighted by atomic mass is 10.1. The van der Waals surface area contributed by atoms with Crippen molar-refractivity contribution in [3.63, 3.8) is 0 Å². The van der Waals surface area contributed by atoms with E-state index in [1.807, 2.05) is 18.4 Å². The molecule has 0 aliphatic heterocycles. The first-order valence-corrected chi connectivity index (χ1v) is 7.05. The third-order valence-corrected chi connectivity index (χ3v) is 4.02. The molecule has 0 aliphatic carbocycles. The molecule has 1 aromatic heterocycles. The molecule has 0 bridgehead atoms. The zero-order valence-corrected chi connectivity index (χ0v) is 12.2. The van der Waals surface area contributed by atoms with Crippen LogP contribution in [-0.4, -0.2) is 13.1 Å². The van der Waals surface area contributed by atoms with Gasteiger partial charge in [-0.1, -0.05) is 17.7 Å². The van der Waals surface area contributed by atoms with Gasteiger partial charge in [-0.2, -0.15) is 0 Å². The van der Waals surface area contributed by atoms with Crippen LogP contribution in [-0.2, 0) is 4.74 Å². The minimum atomic E-state index is -0.400. The van der Waals surface area contributed by atoms with Gasteiger partial charge in [-0.25, -0.2) is 4.79 Å². The number of rotatable bonds is 4. The summed E-state index contributed by atoms with van der Waals surface area (Å²) in [6.45, 7) is 2.04. The number of methoxy groups -OCH3 is 1. The van der Waals surface area contributed by atoms with Crippen LogP contribution in [0.3, 0.4) is 0 Å². The molecule has 5 heteroatoms. The van der Waals surface area contributed by atoms with Crippen LogP contribution >= 0.6 is 22.9 Å². The molecule has 1 heterocycles. The number of benzene rings is 1. The first kappa shape index (κ1) is 13.9. The second kappa shape index (κ2) is 6.08. The van der Waals surface area contributed by atoms with E-state index in [2.05, 4.69) is 11.4 Å². The van der Waals surface area contributed by atoms with E-state index in [1.165, 1.54) is 12.0 Å². The predicted octanol–water partition coefficient (Wildman–Crippen LogP) is 4.36. The lowest BCUT2D eigenvalue weighted by Gasteiger charge is -2.16. The van der Waals surface area contributed by atoms with Crippen LogP contribution < -0.4 is 5.32 Å². The predicted molar refractivity (Wildman–Crippen MR) is 79.1 cm³/mol. The Kier molecular flexibility index (Phi) is 4.45. The van der Waals surface area contributed by atoms with Crippen LogP contribution in [0.5, 0.6) is 0 Å². The number of hydrogen-bond donors (Lipinski definition) is 1. The van der Waals surface area contributed by atoms with Crippen LogP contribution in [0.15, 0.2) is 35.7 Å². The van der Waals surface area contributed by atoms with E-state index in [9.17, 15) is 4.79 Å². The molecule has 2 aromatic rings. The van der Waals surface area contributed by atoms with Gasteiger partial charge in [-0.3, -0.25) is 0 Å². The molecule has 0 amide bonds. The average Bonchev–Trinajstić information content (AvgIpc) is 2.94. The molecule has 1 atom stereocenters. The molecule has 0 saturated heterocycles. The van der Waals surface area contributed by atoms with E-state index in [1.54, 1.807) is 29.5 Å². The van der Waals surface area contributed by atoms with Gasteiger partial charge in [0.1, 0.15) is 0 Å². The fraction of sp³-hybridized carbons (Fsp3) is 0.214.